The molecule has 0 fully saturated rings. The first-order chi connectivity index (χ1) is 12.3. The van der Waals surface area contributed by atoms with E-state index in [0.717, 1.165) is 5.69 Å². The second-order valence-corrected chi connectivity index (χ2v) is 8.27. The fourth-order valence-corrected chi connectivity index (χ4v) is 3.39. The second-order valence-electron chi connectivity index (χ2n) is 6.16. The minimum atomic E-state index is -0.666. The predicted molar refractivity (Wildman–Crippen MR) is 106 cm³/mol. The van der Waals surface area contributed by atoms with E-state index in [0.29, 0.717) is 16.6 Å². The highest BCUT2D eigenvalue weighted by Gasteiger charge is 2.27. The van der Waals surface area contributed by atoms with E-state index in [4.69, 9.17) is 11.6 Å². The summed E-state index contributed by atoms with van der Waals surface area (Å²) in [4.78, 5) is 28.3. The Kier molecular flexibility index (Phi) is 7.43. The van der Waals surface area contributed by atoms with Gasteiger partial charge in [0.2, 0.25) is 11.8 Å². The number of thioether (sulfide) groups is 1. The molecule has 1 aromatic heterocycles. The minimum Gasteiger partial charge on any atom is -0.325 e. The van der Waals surface area contributed by atoms with Crippen LogP contribution in [0.15, 0.2) is 29.6 Å². The Bertz CT molecular complexity index is 766. The molecule has 2 aromatic rings. The van der Waals surface area contributed by atoms with Gasteiger partial charge in [0.1, 0.15) is 5.82 Å². The number of anilines is 2. The van der Waals surface area contributed by atoms with Crippen LogP contribution in [0.3, 0.4) is 0 Å². The zero-order chi connectivity index (χ0) is 19.2. The molecule has 5 nitrogen and oxygen atoms in total. The summed E-state index contributed by atoms with van der Waals surface area (Å²) < 4.78 is 12.8. The van der Waals surface area contributed by atoms with E-state index in [1.54, 1.807) is 13.8 Å². The van der Waals surface area contributed by atoms with Crippen LogP contribution in [-0.2, 0) is 15.3 Å². The number of hydrogen-bond donors (Lipinski definition) is 2. The van der Waals surface area contributed by atoms with Gasteiger partial charge in [0, 0.05) is 22.7 Å². The summed E-state index contributed by atoms with van der Waals surface area (Å²) in [6.07, 6.45) is 0. The standard InChI is InChI=1S/C17H19ClFN3O2S2/c1-17(2,10-18)15(24)22-16-21-13(8-26-16)7-25-9-14(23)20-12-5-3-11(19)4-6-12/h3-6,8H,7,9-10H2,1-2H3,(H,20,23)(H,21,22,24). The number of halogens is 2. The lowest BCUT2D eigenvalue weighted by Crippen LogP contribution is -2.32. The third-order valence-electron chi connectivity index (χ3n) is 3.33. The third kappa shape index (κ3) is 6.26. The van der Waals surface area contributed by atoms with E-state index in [9.17, 15) is 14.0 Å². The molecule has 0 atom stereocenters. The van der Waals surface area contributed by atoms with E-state index in [-0.39, 0.29) is 29.3 Å². The van der Waals surface area contributed by atoms with Gasteiger partial charge >= 0.3 is 0 Å². The van der Waals surface area contributed by atoms with Crippen LogP contribution in [0.25, 0.3) is 0 Å². The van der Waals surface area contributed by atoms with Crippen molar-refractivity contribution in [3.05, 3.63) is 41.2 Å². The quantitative estimate of drug-likeness (QED) is 0.628. The first-order valence-corrected chi connectivity index (χ1v) is 10.3. The van der Waals surface area contributed by atoms with Crippen molar-refractivity contribution in [2.45, 2.75) is 19.6 Å². The number of alkyl halides is 1. The van der Waals surface area contributed by atoms with Crippen molar-refractivity contribution >= 4 is 57.3 Å². The predicted octanol–water partition coefficient (Wildman–Crippen LogP) is 4.36. The summed E-state index contributed by atoms with van der Waals surface area (Å²) in [6, 6.07) is 5.60. The molecule has 0 radical (unpaired) electrons. The number of hydrogen-bond acceptors (Lipinski definition) is 5. The average molecular weight is 416 g/mol. The van der Waals surface area contributed by atoms with Crippen molar-refractivity contribution in [2.75, 3.05) is 22.3 Å². The number of carbonyl (C=O) groups excluding carboxylic acids is 2. The molecular weight excluding hydrogens is 397 g/mol. The van der Waals surface area contributed by atoms with Gasteiger partial charge in [-0.25, -0.2) is 9.37 Å². The number of aromatic nitrogens is 1. The van der Waals surface area contributed by atoms with Crippen molar-refractivity contribution < 1.29 is 14.0 Å². The van der Waals surface area contributed by atoms with Crippen LogP contribution < -0.4 is 10.6 Å². The van der Waals surface area contributed by atoms with Gasteiger partial charge in [0.15, 0.2) is 5.13 Å². The Labute approximate surface area is 164 Å². The highest BCUT2D eigenvalue weighted by atomic mass is 35.5. The summed E-state index contributed by atoms with van der Waals surface area (Å²) in [6.45, 7) is 3.53. The van der Waals surface area contributed by atoms with Crippen molar-refractivity contribution in [3.8, 4) is 0 Å². The van der Waals surface area contributed by atoms with Gasteiger partial charge in [0.05, 0.1) is 16.9 Å². The summed E-state index contributed by atoms with van der Waals surface area (Å²) in [5.41, 5.74) is 0.673. The highest BCUT2D eigenvalue weighted by molar-refractivity contribution is 7.99. The Morgan fingerprint density at radius 3 is 2.62 bits per heavy atom. The first-order valence-electron chi connectivity index (χ1n) is 7.75. The molecule has 0 unspecified atom stereocenters. The van der Waals surface area contributed by atoms with Crippen LogP contribution in [-0.4, -0.2) is 28.4 Å². The number of benzene rings is 1. The fourth-order valence-electron chi connectivity index (χ4n) is 1.74. The maximum atomic E-state index is 12.8. The zero-order valence-corrected chi connectivity index (χ0v) is 16.7. The van der Waals surface area contributed by atoms with Gasteiger partial charge in [-0.2, -0.15) is 0 Å². The van der Waals surface area contributed by atoms with Gasteiger partial charge in [-0.05, 0) is 38.1 Å². The Balaban J connectivity index is 1.76. The number of nitrogens with zero attached hydrogens (tertiary/aromatic N) is 1. The average Bonchev–Trinajstić information content (AvgIpc) is 3.04. The molecule has 0 aliphatic carbocycles. The molecule has 0 saturated heterocycles. The lowest BCUT2D eigenvalue weighted by molar-refractivity contribution is -0.123. The van der Waals surface area contributed by atoms with Crippen molar-refractivity contribution in [1.82, 2.24) is 4.98 Å². The van der Waals surface area contributed by atoms with E-state index in [1.165, 1.54) is 47.4 Å². The number of amides is 2. The van der Waals surface area contributed by atoms with Gasteiger partial charge in [-0.15, -0.1) is 34.7 Å². The zero-order valence-electron chi connectivity index (χ0n) is 14.3. The van der Waals surface area contributed by atoms with Crippen LogP contribution in [0.4, 0.5) is 15.2 Å². The molecule has 0 spiro atoms. The van der Waals surface area contributed by atoms with Crippen LogP contribution in [0.1, 0.15) is 19.5 Å². The van der Waals surface area contributed by atoms with E-state index in [2.05, 4.69) is 15.6 Å². The van der Waals surface area contributed by atoms with Crippen LogP contribution in [0.5, 0.6) is 0 Å². The van der Waals surface area contributed by atoms with Crippen LogP contribution >= 0.6 is 34.7 Å². The van der Waals surface area contributed by atoms with E-state index < -0.39 is 5.41 Å². The molecule has 9 heteroatoms. The molecule has 2 N–H and O–H groups in total. The summed E-state index contributed by atoms with van der Waals surface area (Å²) in [5.74, 6) is 0.306. The lowest BCUT2D eigenvalue weighted by Gasteiger charge is -2.18. The van der Waals surface area contributed by atoms with Crippen molar-refractivity contribution in [1.29, 1.82) is 0 Å². The second kappa shape index (κ2) is 9.34. The normalized spacial score (nSPS) is 11.2. The van der Waals surface area contributed by atoms with E-state index >= 15 is 0 Å². The maximum absolute atomic E-state index is 12.8. The van der Waals surface area contributed by atoms with Gasteiger partial charge in [0.25, 0.3) is 0 Å². The summed E-state index contributed by atoms with van der Waals surface area (Å²) >= 11 is 8.52. The molecular formula is C17H19ClFN3O2S2. The number of thiazole rings is 1. The maximum Gasteiger partial charge on any atom is 0.234 e. The lowest BCUT2D eigenvalue weighted by atomic mass is 9.95. The molecule has 26 heavy (non-hydrogen) atoms. The number of rotatable bonds is 8. The Morgan fingerprint density at radius 1 is 1.27 bits per heavy atom. The van der Waals surface area contributed by atoms with Crippen LogP contribution in [0.2, 0.25) is 0 Å². The smallest absolute Gasteiger partial charge is 0.234 e. The van der Waals surface area contributed by atoms with Gasteiger partial charge in [-0.3, -0.25) is 9.59 Å². The Morgan fingerprint density at radius 2 is 1.96 bits per heavy atom. The monoisotopic (exact) mass is 415 g/mol. The third-order valence-corrected chi connectivity index (χ3v) is 5.77. The van der Waals surface area contributed by atoms with Crippen molar-refractivity contribution in [2.24, 2.45) is 5.41 Å². The number of carbonyl (C=O) groups is 2. The molecule has 1 heterocycles. The molecule has 0 bridgehead atoms. The van der Waals surface area contributed by atoms with Crippen molar-refractivity contribution in [3.63, 3.8) is 0 Å². The Hall–Kier alpha value is -1.64. The SMILES string of the molecule is CC(C)(CCl)C(=O)Nc1nc(CSCC(=O)Nc2ccc(F)cc2)cs1. The topological polar surface area (TPSA) is 71.1 Å². The molecule has 2 rings (SSSR count). The highest BCUT2D eigenvalue weighted by Crippen LogP contribution is 2.24. The summed E-state index contributed by atoms with van der Waals surface area (Å²) in [7, 11) is 0. The molecule has 1 aromatic carbocycles. The molecule has 2 amide bonds. The molecule has 0 aliphatic heterocycles. The molecule has 140 valence electrons. The molecule has 0 saturated carbocycles. The van der Waals surface area contributed by atoms with E-state index in [1.807, 2.05) is 5.38 Å². The largest absolute Gasteiger partial charge is 0.325 e. The molecule has 0 aliphatic rings. The van der Waals surface area contributed by atoms with Gasteiger partial charge in [-0.1, -0.05) is 0 Å². The van der Waals surface area contributed by atoms with Gasteiger partial charge < -0.3 is 10.6 Å². The first kappa shape index (κ1) is 20.7. The summed E-state index contributed by atoms with van der Waals surface area (Å²) in [5, 5.41) is 7.81. The van der Waals surface area contributed by atoms with Crippen LogP contribution in [0, 0.1) is 11.2 Å². The minimum absolute atomic E-state index is 0.172. The fraction of sp³-hybridized carbons (Fsp3) is 0.353. The number of nitrogens with one attached hydrogen (secondary N) is 2.